The summed E-state index contributed by atoms with van der Waals surface area (Å²) >= 11 is 0. The number of nitrogens with zero attached hydrogens (tertiary/aromatic N) is 3. The molecule has 0 radical (unpaired) electrons. The van der Waals surface area contributed by atoms with Crippen LogP contribution in [0.15, 0.2) is 42.7 Å². The molecule has 2 aromatic rings. The number of ether oxygens (including phenoxy) is 2. The first-order valence-corrected chi connectivity index (χ1v) is 10.3. The molecule has 0 unspecified atom stereocenters. The molecule has 1 amide bonds. The fourth-order valence-electron chi connectivity index (χ4n) is 3.84. The topological polar surface area (TPSA) is 102 Å². The summed E-state index contributed by atoms with van der Waals surface area (Å²) in [4.78, 5) is 32.0. The molecule has 8 nitrogen and oxygen atoms in total. The molecule has 0 saturated carbocycles. The number of likely N-dealkylation sites (tertiary alicyclic amines) is 1. The van der Waals surface area contributed by atoms with E-state index in [0.717, 1.165) is 31.4 Å². The Morgan fingerprint density at radius 3 is 2.64 bits per heavy atom. The zero-order chi connectivity index (χ0) is 24.1. The quantitative estimate of drug-likeness (QED) is 0.739. The highest BCUT2D eigenvalue weighted by atomic mass is 19.4. The van der Waals surface area contributed by atoms with Gasteiger partial charge in [0.1, 0.15) is 11.8 Å². The van der Waals surface area contributed by atoms with Gasteiger partial charge in [0.2, 0.25) is 5.88 Å². The summed E-state index contributed by atoms with van der Waals surface area (Å²) in [5.41, 5.74) is 1.22. The lowest BCUT2D eigenvalue weighted by atomic mass is 9.89. The molecule has 2 atom stereocenters. The number of aryl methyl sites for hydroxylation is 1. The van der Waals surface area contributed by atoms with Crippen molar-refractivity contribution in [3.8, 4) is 5.88 Å². The summed E-state index contributed by atoms with van der Waals surface area (Å²) in [5.74, 6) is -2.16. The molecule has 0 aromatic carbocycles. The van der Waals surface area contributed by atoms with E-state index in [-0.39, 0.29) is 17.6 Å². The summed E-state index contributed by atoms with van der Waals surface area (Å²) < 4.78 is 43.8. The van der Waals surface area contributed by atoms with Gasteiger partial charge in [0.25, 0.3) is 5.91 Å². The molecule has 2 aliphatic heterocycles. The van der Waals surface area contributed by atoms with Gasteiger partial charge in [-0.2, -0.15) is 13.2 Å². The van der Waals surface area contributed by atoms with Crippen molar-refractivity contribution in [3.63, 3.8) is 0 Å². The average Bonchev–Trinajstić information content (AvgIpc) is 3.15. The molecule has 1 spiro atoms. The van der Waals surface area contributed by atoms with Crippen molar-refractivity contribution in [1.82, 2.24) is 14.9 Å². The van der Waals surface area contributed by atoms with E-state index in [2.05, 4.69) is 9.97 Å². The summed E-state index contributed by atoms with van der Waals surface area (Å²) in [5, 5.41) is 7.12. The number of aromatic nitrogens is 2. The maximum absolute atomic E-state index is 12.8. The summed E-state index contributed by atoms with van der Waals surface area (Å²) in [6.07, 6.45) is 0.932. The molecule has 1 N–H and O–H groups in total. The minimum Gasteiger partial charge on any atom is -0.475 e. The maximum Gasteiger partial charge on any atom is 0.490 e. The van der Waals surface area contributed by atoms with Crippen molar-refractivity contribution in [1.29, 1.82) is 0 Å². The third-order valence-corrected chi connectivity index (χ3v) is 5.30. The number of carbonyl (C=O) groups excluding carboxylic acids is 1. The first-order chi connectivity index (χ1) is 15.6. The van der Waals surface area contributed by atoms with Crippen LogP contribution in [0.4, 0.5) is 13.2 Å². The standard InChI is InChI=1S/C20H23N3O3.C2HF3O2/c1-15-6-9-21-17(11-15)19(24)23-10-4-7-20(14-23)12-16(13-25-20)26-18-5-2-3-8-22-18;3-2(4,5)1(6)7/h2-3,5-6,8-9,11,16H,4,7,10,12-14H2,1H3;(H,6,7)/t16-,20+;/m1./s1. The minimum atomic E-state index is -5.08. The highest BCUT2D eigenvalue weighted by Gasteiger charge is 2.45. The second-order valence-electron chi connectivity index (χ2n) is 7.96. The molecule has 4 rings (SSSR count). The lowest BCUT2D eigenvalue weighted by Crippen LogP contribution is -2.50. The van der Waals surface area contributed by atoms with E-state index >= 15 is 0 Å². The third kappa shape index (κ3) is 6.64. The normalized spacial score (nSPS) is 22.4. The SMILES string of the molecule is Cc1ccnc(C(=O)N2CCC[C@]3(C[C@@H](Oc4ccccn4)CO3)C2)c1.O=C(O)C(F)(F)F. The van der Waals surface area contributed by atoms with Crippen molar-refractivity contribution in [3.05, 3.63) is 54.0 Å². The summed E-state index contributed by atoms with van der Waals surface area (Å²) in [7, 11) is 0. The van der Waals surface area contributed by atoms with E-state index in [1.54, 1.807) is 12.4 Å². The largest absolute Gasteiger partial charge is 0.490 e. The molecular formula is C22H24F3N3O5. The zero-order valence-electron chi connectivity index (χ0n) is 17.9. The number of alkyl halides is 3. The Morgan fingerprint density at radius 1 is 1.24 bits per heavy atom. The van der Waals surface area contributed by atoms with Gasteiger partial charge in [-0.15, -0.1) is 0 Å². The highest BCUT2D eigenvalue weighted by Crippen LogP contribution is 2.36. The second kappa shape index (κ2) is 10.2. The van der Waals surface area contributed by atoms with Gasteiger partial charge in [0.15, 0.2) is 0 Å². The van der Waals surface area contributed by atoms with Gasteiger partial charge in [-0.3, -0.25) is 9.78 Å². The number of piperidine rings is 1. The number of pyridine rings is 2. The molecule has 2 aliphatic rings. The number of carboxylic acid groups (broad SMARTS) is 1. The second-order valence-corrected chi connectivity index (χ2v) is 7.96. The lowest BCUT2D eigenvalue weighted by molar-refractivity contribution is -0.192. The number of hydrogen-bond donors (Lipinski definition) is 1. The van der Waals surface area contributed by atoms with Gasteiger partial charge in [0, 0.05) is 31.4 Å². The molecule has 4 heterocycles. The summed E-state index contributed by atoms with van der Waals surface area (Å²) in [6, 6.07) is 9.36. The van der Waals surface area contributed by atoms with Crippen LogP contribution >= 0.6 is 0 Å². The molecule has 0 bridgehead atoms. The first kappa shape index (κ1) is 24.4. The molecule has 0 aliphatic carbocycles. The third-order valence-electron chi connectivity index (χ3n) is 5.30. The monoisotopic (exact) mass is 467 g/mol. The molecule has 2 aromatic heterocycles. The average molecular weight is 467 g/mol. The van der Waals surface area contributed by atoms with Crippen molar-refractivity contribution < 1.29 is 37.3 Å². The first-order valence-electron chi connectivity index (χ1n) is 10.3. The molecule has 33 heavy (non-hydrogen) atoms. The number of halogens is 3. The Kier molecular flexibility index (Phi) is 7.52. The van der Waals surface area contributed by atoms with Gasteiger partial charge in [-0.1, -0.05) is 6.07 Å². The fraction of sp³-hybridized carbons (Fsp3) is 0.455. The van der Waals surface area contributed by atoms with Crippen LogP contribution in [-0.2, 0) is 9.53 Å². The Morgan fingerprint density at radius 2 is 2.00 bits per heavy atom. The highest BCUT2D eigenvalue weighted by molar-refractivity contribution is 5.92. The van der Waals surface area contributed by atoms with Gasteiger partial charge >= 0.3 is 12.1 Å². The van der Waals surface area contributed by atoms with Crippen molar-refractivity contribution in [2.45, 2.75) is 44.1 Å². The molecule has 2 saturated heterocycles. The number of aliphatic carboxylic acids is 1. The molecule has 11 heteroatoms. The number of carbonyl (C=O) groups is 2. The summed E-state index contributed by atoms with van der Waals surface area (Å²) in [6.45, 7) is 3.83. The Bertz CT molecular complexity index is 973. The predicted octanol–water partition coefficient (Wildman–Crippen LogP) is 3.26. The van der Waals surface area contributed by atoms with E-state index in [1.165, 1.54) is 0 Å². The van der Waals surface area contributed by atoms with Crippen LogP contribution in [0, 0.1) is 6.92 Å². The number of amides is 1. The Balaban J connectivity index is 0.000000383. The molecule has 178 valence electrons. The van der Waals surface area contributed by atoms with Gasteiger partial charge in [-0.05, 0) is 43.5 Å². The maximum atomic E-state index is 12.8. The van der Waals surface area contributed by atoms with E-state index in [9.17, 15) is 18.0 Å². The van der Waals surface area contributed by atoms with E-state index in [4.69, 9.17) is 19.4 Å². The van der Waals surface area contributed by atoms with Crippen LogP contribution in [0.1, 0.15) is 35.3 Å². The van der Waals surface area contributed by atoms with E-state index in [1.807, 2.05) is 42.2 Å². The Labute approximate surface area is 188 Å². The number of rotatable bonds is 3. The van der Waals surface area contributed by atoms with E-state index < -0.39 is 12.1 Å². The smallest absolute Gasteiger partial charge is 0.475 e. The molecule has 2 fully saturated rings. The van der Waals surface area contributed by atoms with Crippen LogP contribution < -0.4 is 4.74 Å². The van der Waals surface area contributed by atoms with Crippen LogP contribution in [0.2, 0.25) is 0 Å². The van der Waals surface area contributed by atoms with Crippen LogP contribution in [0.3, 0.4) is 0 Å². The van der Waals surface area contributed by atoms with Crippen LogP contribution in [0.5, 0.6) is 5.88 Å². The van der Waals surface area contributed by atoms with Crippen molar-refractivity contribution in [2.24, 2.45) is 0 Å². The van der Waals surface area contributed by atoms with Crippen molar-refractivity contribution >= 4 is 11.9 Å². The number of hydrogen-bond acceptors (Lipinski definition) is 6. The van der Waals surface area contributed by atoms with Gasteiger partial charge in [-0.25, -0.2) is 9.78 Å². The molecular weight excluding hydrogens is 443 g/mol. The number of carboxylic acids is 1. The minimum absolute atomic E-state index is 0.0227. The van der Waals surface area contributed by atoms with Crippen LogP contribution in [-0.4, -0.2) is 69.4 Å². The van der Waals surface area contributed by atoms with Gasteiger partial charge < -0.3 is 19.5 Å². The van der Waals surface area contributed by atoms with Crippen LogP contribution in [0.25, 0.3) is 0 Å². The van der Waals surface area contributed by atoms with Crippen molar-refractivity contribution in [2.75, 3.05) is 19.7 Å². The van der Waals surface area contributed by atoms with E-state index in [0.29, 0.717) is 24.7 Å². The lowest BCUT2D eigenvalue weighted by Gasteiger charge is -2.39. The zero-order valence-corrected chi connectivity index (χ0v) is 17.9. The van der Waals surface area contributed by atoms with Gasteiger partial charge in [0.05, 0.1) is 18.8 Å². The predicted molar refractivity (Wildman–Crippen MR) is 110 cm³/mol. The Hall–Kier alpha value is -3.21. The fourth-order valence-corrected chi connectivity index (χ4v) is 3.84.